The van der Waals surface area contributed by atoms with E-state index in [1.165, 1.54) is 38.0 Å². The highest BCUT2D eigenvalue weighted by Crippen LogP contribution is 2.37. The summed E-state index contributed by atoms with van der Waals surface area (Å²) in [6.07, 6.45) is 4.10. The van der Waals surface area contributed by atoms with Gasteiger partial charge in [0.05, 0.1) is 6.61 Å². The summed E-state index contributed by atoms with van der Waals surface area (Å²) >= 11 is 0. The number of nitrogens with zero attached hydrogens (tertiary/aromatic N) is 1. The van der Waals surface area contributed by atoms with Gasteiger partial charge in [0.15, 0.2) is 0 Å². The first kappa shape index (κ1) is 14.9. The van der Waals surface area contributed by atoms with Crippen molar-refractivity contribution in [2.45, 2.75) is 51.8 Å². The van der Waals surface area contributed by atoms with Gasteiger partial charge in [-0.25, -0.2) is 0 Å². The number of fused-ring (bicyclic) bond motifs is 2. The van der Waals surface area contributed by atoms with Crippen LogP contribution in [0.15, 0.2) is 24.3 Å². The molecule has 1 aromatic rings. The van der Waals surface area contributed by atoms with E-state index in [9.17, 15) is 0 Å². The molecule has 0 radical (unpaired) electrons. The molecule has 1 aromatic carbocycles. The summed E-state index contributed by atoms with van der Waals surface area (Å²) in [5.74, 6) is 1.55. The number of aliphatic hydroxyl groups is 1. The number of hydrogen-bond acceptors (Lipinski definition) is 3. The van der Waals surface area contributed by atoms with Gasteiger partial charge >= 0.3 is 0 Å². The molecule has 2 bridgehead atoms. The van der Waals surface area contributed by atoms with Gasteiger partial charge in [0.25, 0.3) is 0 Å². The Kier molecular flexibility index (Phi) is 4.51. The minimum Gasteiger partial charge on any atom is -0.392 e. The molecular formula is C18H28N2O. The number of benzene rings is 1. The predicted molar refractivity (Wildman–Crippen MR) is 87.3 cm³/mol. The van der Waals surface area contributed by atoms with E-state index in [4.69, 9.17) is 5.11 Å². The number of hydrogen-bond donors (Lipinski definition) is 2. The standard InChI is InChI=1S/C18H28N2O/c1-13(2)20-10-15-4-3-5-16(11-20)18(15)19-17-8-6-14(12-21)7-9-17/h6-9,13,15-16,18-19,21H,3-5,10-12H2,1-2H3. The van der Waals surface area contributed by atoms with Gasteiger partial charge in [-0.2, -0.15) is 0 Å². The Labute approximate surface area is 128 Å². The highest BCUT2D eigenvalue weighted by Gasteiger charge is 2.39. The van der Waals surface area contributed by atoms with Gasteiger partial charge in [0, 0.05) is 30.9 Å². The minimum absolute atomic E-state index is 0.123. The molecule has 1 saturated carbocycles. The molecule has 1 aliphatic heterocycles. The summed E-state index contributed by atoms with van der Waals surface area (Å²) in [5, 5.41) is 12.9. The van der Waals surface area contributed by atoms with Crippen molar-refractivity contribution in [1.29, 1.82) is 0 Å². The van der Waals surface area contributed by atoms with Crippen molar-refractivity contribution in [3.63, 3.8) is 0 Å². The molecule has 0 aromatic heterocycles. The Morgan fingerprint density at radius 1 is 1.14 bits per heavy atom. The van der Waals surface area contributed by atoms with Crippen LogP contribution >= 0.6 is 0 Å². The molecule has 3 nitrogen and oxygen atoms in total. The molecule has 1 aliphatic carbocycles. The zero-order valence-corrected chi connectivity index (χ0v) is 13.3. The predicted octanol–water partition coefficient (Wildman–Crippen LogP) is 3.10. The zero-order chi connectivity index (χ0) is 14.8. The van der Waals surface area contributed by atoms with Crippen LogP contribution in [0.5, 0.6) is 0 Å². The lowest BCUT2D eigenvalue weighted by atomic mass is 9.73. The van der Waals surface area contributed by atoms with Crippen molar-refractivity contribution in [2.24, 2.45) is 11.8 Å². The van der Waals surface area contributed by atoms with E-state index in [0.717, 1.165) is 17.4 Å². The summed E-state index contributed by atoms with van der Waals surface area (Å²) < 4.78 is 0. The SMILES string of the molecule is CC(C)N1CC2CCCC(C1)C2Nc1ccc(CO)cc1. The van der Waals surface area contributed by atoms with E-state index in [0.29, 0.717) is 12.1 Å². The topological polar surface area (TPSA) is 35.5 Å². The van der Waals surface area contributed by atoms with Gasteiger partial charge in [0.1, 0.15) is 0 Å². The van der Waals surface area contributed by atoms with E-state index in [2.05, 4.69) is 36.2 Å². The third kappa shape index (κ3) is 3.24. The lowest BCUT2D eigenvalue weighted by molar-refractivity contribution is 0.0518. The highest BCUT2D eigenvalue weighted by atomic mass is 16.3. The summed E-state index contributed by atoms with van der Waals surface area (Å²) in [4.78, 5) is 2.65. The Morgan fingerprint density at radius 3 is 2.29 bits per heavy atom. The smallest absolute Gasteiger partial charge is 0.0681 e. The molecule has 21 heavy (non-hydrogen) atoms. The summed E-state index contributed by atoms with van der Waals surface area (Å²) in [6.45, 7) is 7.23. The molecule has 2 aliphatic rings. The minimum atomic E-state index is 0.123. The van der Waals surface area contributed by atoms with Gasteiger partial charge in [-0.15, -0.1) is 0 Å². The van der Waals surface area contributed by atoms with Gasteiger partial charge < -0.3 is 15.3 Å². The number of rotatable bonds is 4. The number of anilines is 1. The van der Waals surface area contributed by atoms with Crippen LogP contribution in [-0.2, 0) is 6.61 Å². The normalized spacial score (nSPS) is 29.6. The van der Waals surface area contributed by atoms with E-state index in [1.54, 1.807) is 0 Å². The fourth-order valence-corrected chi connectivity index (χ4v) is 4.03. The van der Waals surface area contributed by atoms with Crippen LogP contribution in [0.1, 0.15) is 38.7 Å². The molecule has 116 valence electrons. The number of piperidine rings is 1. The Balaban J connectivity index is 1.70. The molecule has 1 heterocycles. The average molecular weight is 288 g/mol. The van der Waals surface area contributed by atoms with Gasteiger partial charge in [-0.1, -0.05) is 18.6 Å². The molecule has 3 heteroatoms. The molecule has 3 rings (SSSR count). The molecular weight excluding hydrogens is 260 g/mol. The van der Waals surface area contributed by atoms with Crippen molar-refractivity contribution < 1.29 is 5.11 Å². The monoisotopic (exact) mass is 288 g/mol. The second-order valence-electron chi connectivity index (χ2n) is 7.02. The first-order valence-electron chi connectivity index (χ1n) is 8.37. The summed E-state index contributed by atoms with van der Waals surface area (Å²) in [7, 11) is 0. The Bertz CT molecular complexity index is 443. The van der Waals surface area contributed by atoms with Crippen LogP contribution in [0.25, 0.3) is 0 Å². The third-order valence-electron chi connectivity index (χ3n) is 5.30. The Hall–Kier alpha value is -1.06. The lowest BCUT2D eigenvalue weighted by Crippen LogP contribution is -2.56. The summed E-state index contributed by atoms with van der Waals surface area (Å²) in [5.41, 5.74) is 2.18. The molecule has 1 saturated heterocycles. The molecule has 2 fully saturated rings. The molecule has 0 spiro atoms. The number of nitrogens with one attached hydrogen (secondary N) is 1. The van der Waals surface area contributed by atoms with Crippen molar-refractivity contribution in [3.8, 4) is 0 Å². The third-order valence-corrected chi connectivity index (χ3v) is 5.30. The largest absolute Gasteiger partial charge is 0.392 e. The summed E-state index contributed by atoms with van der Waals surface area (Å²) in [6, 6.07) is 9.53. The highest BCUT2D eigenvalue weighted by molar-refractivity contribution is 5.46. The Morgan fingerprint density at radius 2 is 1.76 bits per heavy atom. The van der Waals surface area contributed by atoms with Crippen LogP contribution in [0.3, 0.4) is 0 Å². The molecule has 2 atom stereocenters. The number of aliphatic hydroxyl groups excluding tert-OH is 1. The second kappa shape index (κ2) is 6.37. The maximum Gasteiger partial charge on any atom is 0.0681 e. The van der Waals surface area contributed by atoms with Crippen LogP contribution < -0.4 is 5.32 Å². The van der Waals surface area contributed by atoms with Crippen LogP contribution in [-0.4, -0.2) is 35.2 Å². The first-order valence-corrected chi connectivity index (χ1v) is 8.37. The van der Waals surface area contributed by atoms with Crippen molar-refractivity contribution in [3.05, 3.63) is 29.8 Å². The maximum atomic E-state index is 9.14. The van der Waals surface area contributed by atoms with E-state index < -0.39 is 0 Å². The second-order valence-corrected chi connectivity index (χ2v) is 7.02. The van der Waals surface area contributed by atoms with Crippen LogP contribution in [0.2, 0.25) is 0 Å². The zero-order valence-electron chi connectivity index (χ0n) is 13.3. The maximum absolute atomic E-state index is 9.14. The van der Waals surface area contributed by atoms with Crippen molar-refractivity contribution in [2.75, 3.05) is 18.4 Å². The number of likely N-dealkylation sites (tertiary alicyclic amines) is 1. The fraction of sp³-hybridized carbons (Fsp3) is 0.667. The molecule has 0 amide bonds. The van der Waals surface area contributed by atoms with E-state index in [1.807, 2.05) is 12.1 Å². The van der Waals surface area contributed by atoms with Crippen LogP contribution in [0.4, 0.5) is 5.69 Å². The first-order chi connectivity index (χ1) is 10.2. The van der Waals surface area contributed by atoms with Crippen molar-refractivity contribution >= 4 is 5.69 Å². The molecule has 2 N–H and O–H groups in total. The fourth-order valence-electron chi connectivity index (χ4n) is 4.03. The molecule has 2 unspecified atom stereocenters. The van der Waals surface area contributed by atoms with Gasteiger partial charge in [-0.05, 0) is 56.2 Å². The van der Waals surface area contributed by atoms with Crippen LogP contribution in [0, 0.1) is 11.8 Å². The van der Waals surface area contributed by atoms with Gasteiger partial charge in [0.2, 0.25) is 0 Å². The quantitative estimate of drug-likeness (QED) is 0.893. The average Bonchev–Trinajstić information content (AvgIpc) is 2.47. The van der Waals surface area contributed by atoms with E-state index in [-0.39, 0.29) is 6.61 Å². The van der Waals surface area contributed by atoms with Crippen molar-refractivity contribution in [1.82, 2.24) is 4.90 Å². The lowest BCUT2D eigenvalue weighted by Gasteiger charge is -2.49. The van der Waals surface area contributed by atoms with E-state index >= 15 is 0 Å². The van der Waals surface area contributed by atoms with Gasteiger partial charge in [-0.3, -0.25) is 0 Å².